The van der Waals surface area contributed by atoms with Gasteiger partial charge in [0, 0.05) is 30.6 Å². The maximum Gasteiger partial charge on any atom is 0.407 e. The van der Waals surface area contributed by atoms with Gasteiger partial charge in [-0.1, -0.05) is 44.2 Å². The number of carbonyl (C=O) groups is 2. The summed E-state index contributed by atoms with van der Waals surface area (Å²) in [7, 11) is -3.95. The van der Waals surface area contributed by atoms with Crippen molar-refractivity contribution in [2.45, 2.75) is 58.9 Å². The third-order valence-electron chi connectivity index (χ3n) is 5.18. The summed E-state index contributed by atoms with van der Waals surface area (Å²) in [6, 6.07) is 9.24. The first-order valence-electron chi connectivity index (χ1n) is 11.9. The van der Waals surface area contributed by atoms with Gasteiger partial charge in [-0.15, -0.1) is 4.09 Å². The highest BCUT2D eigenvalue weighted by molar-refractivity contribution is 7.89. The second-order valence-corrected chi connectivity index (χ2v) is 11.6. The second kappa shape index (κ2) is 12.9. The lowest BCUT2D eigenvalue weighted by Gasteiger charge is -2.24. The standard InChI is InChI=1S/C24H37N5O7S/c1-16(2)14-26-23(32)35-12-11-18-19(28-29(21(18)30)37(5,33)34)13-20(27-22(31)24(3,4)25)36-15-17-9-7-6-8-10-17/h6-10,16,20,28H,11-15,25H2,1-5H3,(H,26,32)(H,27,31). The minimum absolute atomic E-state index is 0.0516. The molecule has 2 aromatic rings. The molecule has 0 saturated carbocycles. The molecule has 1 aromatic heterocycles. The molecule has 13 heteroatoms. The Hall–Kier alpha value is -3.16. The van der Waals surface area contributed by atoms with Crippen molar-refractivity contribution in [1.29, 1.82) is 0 Å². The molecule has 206 valence electrons. The maximum absolute atomic E-state index is 12.9. The van der Waals surface area contributed by atoms with Crippen LogP contribution in [-0.4, -0.2) is 60.8 Å². The number of aromatic nitrogens is 2. The van der Waals surface area contributed by atoms with E-state index in [0.29, 0.717) is 10.6 Å². The summed E-state index contributed by atoms with van der Waals surface area (Å²) < 4.78 is 35.9. The van der Waals surface area contributed by atoms with Crippen LogP contribution >= 0.6 is 0 Å². The summed E-state index contributed by atoms with van der Waals surface area (Å²) in [5.41, 5.74) is 5.07. The summed E-state index contributed by atoms with van der Waals surface area (Å²) in [4.78, 5) is 37.4. The molecule has 37 heavy (non-hydrogen) atoms. The Balaban J connectivity index is 2.28. The summed E-state index contributed by atoms with van der Waals surface area (Å²) in [5.74, 6) is -0.269. The van der Waals surface area contributed by atoms with E-state index in [1.165, 1.54) is 13.8 Å². The van der Waals surface area contributed by atoms with Gasteiger partial charge in [-0.25, -0.2) is 13.2 Å². The number of nitrogens with zero attached hydrogens (tertiary/aromatic N) is 1. The number of H-pyrrole nitrogens is 1. The van der Waals surface area contributed by atoms with Crippen LogP contribution in [0.2, 0.25) is 0 Å². The Labute approximate surface area is 216 Å². The molecule has 0 bridgehead atoms. The van der Waals surface area contributed by atoms with E-state index >= 15 is 0 Å². The van der Waals surface area contributed by atoms with Gasteiger partial charge in [-0.05, 0) is 25.3 Å². The Morgan fingerprint density at radius 1 is 1.19 bits per heavy atom. The molecule has 0 spiro atoms. The van der Waals surface area contributed by atoms with Gasteiger partial charge in [-0.2, -0.15) is 0 Å². The maximum atomic E-state index is 12.9. The monoisotopic (exact) mass is 539 g/mol. The lowest BCUT2D eigenvalue weighted by molar-refractivity contribution is -0.130. The first-order chi connectivity index (χ1) is 17.2. The van der Waals surface area contributed by atoms with Crippen molar-refractivity contribution < 1.29 is 27.5 Å². The van der Waals surface area contributed by atoms with Crippen molar-refractivity contribution in [2.75, 3.05) is 19.4 Å². The van der Waals surface area contributed by atoms with E-state index < -0.39 is 39.3 Å². The Morgan fingerprint density at radius 3 is 2.41 bits per heavy atom. The highest BCUT2D eigenvalue weighted by atomic mass is 32.2. The van der Waals surface area contributed by atoms with Gasteiger partial charge < -0.3 is 25.8 Å². The van der Waals surface area contributed by atoms with Crippen molar-refractivity contribution in [2.24, 2.45) is 11.7 Å². The number of amides is 2. The van der Waals surface area contributed by atoms with Crippen LogP contribution in [-0.2, 0) is 43.7 Å². The zero-order valence-corrected chi connectivity index (χ0v) is 22.7. The molecule has 0 aliphatic rings. The molecule has 0 aliphatic carbocycles. The number of hydrogen-bond donors (Lipinski definition) is 4. The highest BCUT2D eigenvalue weighted by Crippen LogP contribution is 2.12. The number of rotatable bonds is 13. The molecule has 5 N–H and O–H groups in total. The molecule has 0 saturated heterocycles. The van der Waals surface area contributed by atoms with E-state index in [9.17, 15) is 22.8 Å². The SMILES string of the molecule is CC(C)CNC(=O)OCCc1c(CC(NC(=O)C(C)(C)N)OCc2ccccc2)[nH]n(S(C)(=O)=O)c1=O. The van der Waals surface area contributed by atoms with Crippen molar-refractivity contribution in [3.05, 3.63) is 57.5 Å². The highest BCUT2D eigenvalue weighted by Gasteiger charge is 2.28. The molecule has 0 fully saturated rings. The van der Waals surface area contributed by atoms with Gasteiger partial charge in [0.1, 0.15) is 6.23 Å². The topological polar surface area (TPSA) is 175 Å². The van der Waals surface area contributed by atoms with Crippen LogP contribution in [0.15, 0.2) is 35.1 Å². The van der Waals surface area contributed by atoms with Crippen LogP contribution in [0.25, 0.3) is 0 Å². The van der Waals surface area contributed by atoms with Crippen LogP contribution in [0.5, 0.6) is 0 Å². The quantitative estimate of drug-likeness (QED) is 0.271. The number of aromatic amines is 1. The average Bonchev–Trinajstić information content (AvgIpc) is 3.11. The van der Waals surface area contributed by atoms with E-state index in [2.05, 4.69) is 15.7 Å². The summed E-state index contributed by atoms with van der Waals surface area (Å²) in [5, 5.41) is 7.92. The molecule has 1 unspecified atom stereocenters. The number of hydrogen-bond acceptors (Lipinski definition) is 8. The number of nitrogens with two attached hydrogens (primary N) is 1. The zero-order valence-electron chi connectivity index (χ0n) is 21.9. The van der Waals surface area contributed by atoms with Gasteiger partial charge in [0.25, 0.3) is 15.6 Å². The average molecular weight is 540 g/mol. The number of alkyl carbamates (subject to hydrolysis) is 1. The molecular formula is C24H37N5O7S. The molecule has 0 aliphatic heterocycles. The Bertz CT molecular complexity index is 1210. The molecule has 1 aromatic carbocycles. The van der Waals surface area contributed by atoms with Crippen molar-refractivity contribution >= 4 is 22.0 Å². The van der Waals surface area contributed by atoms with E-state index in [4.69, 9.17) is 15.2 Å². The van der Waals surface area contributed by atoms with Crippen molar-refractivity contribution in [3.63, 3.8) is 0 Å². The molecule has 2 amide bonds. The van der Waals surface area contributed by atoms with Gasteiger partial charge in [0.2, 0.25) is 5.91 Å². The number of ether oxygens (including phenoxy) is 2. The fourth-order valence-electron chi connectivity index (χ4n) is 3.18. The van der Waals surface area contributed by atoms with Gasteiger partial charge in [-0.3, -0.25) is 14.7 Å². The third-order valence-corrected chi connectivity index (χ3v) is 6.10. The minimum Gasteiger partial charge on any atom is -0.449 e. The predicted molar refractivity (Wildman–Crippen MR) is 138 cm³/mol. The Morgan fingerprint density at radius 2 is 1.84 bits per heavy atom. The minimum atomic E-state index is -3.95. The van der Waals surface area contributed by atoms with E-state index in [0.717, 1.165) is 11.8 Å². The Kier molecular flexibility index (Phi) is 10.5. The normalized spacial score (nSPS) is 12.8. The smallest absolute Gasteiger partial charge is 0.407 e. The lowest BCUT2D eigenvalue weighted by Crippen LogP contribution is -2.53. The molecule has 12 nitrogen and oxygen atoms in total. The van der Waals surface area contributed by atoms with E-state index in [1.807, 2.05) is 44.2 Å². The first-order valence-corrected chi connectivity index (χ1v) is 13.7. The zero-order chi connectivity index (χ0) is 27.8. The first kappa shape index (κ1) is 30.1. The van der Waals surface area contributed by atoms with Crippen molar-refractivity contribution in [3.8, 4) is 0 Å². The third kappa shape index (κ3) is 9.67. The number of benzene rings is 1. The second-order valence-electron chi connectivity index (χ2n) is 9.75. The van der Waals surface area contributed by atoms with E-state index in [1.54, 1.807) is 0 Å². The molecule has 2 rings (SSSR count). The van der Waals surface area contributed by atoms with E-state index in [-0.39, 0.29) is 43.2 Å². The van der Waals surface area contributed by atoms with Gasteiger partial charge >= 0.3 is 6.09 Å². The fourth-order valence-corrected chi connectivity index (χ4v) is 3.86. The number of carbonyl (C=O) groups excluding carboxylic acids is 2. The largest absolute Gasteiger partial charge is 0.449 e. The van der Waals surface area contributed by atoms with Crippen LogP contribution in [0.1, 0.15) is 44.5 Å². The van der Waals surface area contributed by atoms with Gasteiger partial charge in [0.15, 0.2) is 0 Å². The molecule has 0 radical (unpaired) electrons. The predicted octanol–water partition coefficient (Wildman–Crippen LogP) is 0.848. The summed E-state index contributed by atoms with van der Waals surface area (Å²) in [6.45, 7) is 7.33. The summed E-state index contributed by atoms with van der Waals surface area (Å²) >= 11 is 0. The number of nitrogens with one attached hydrogen (secondary N) is 3. The molecular weight excluding hydrogens is 502 g/mol. The van der Waals surface area contributed by atoms with Crippen LogP contribution in [0.4, 0.5) is 4.79 Å². The van der Waals surface area contributed by atoms with Crippen LogP contribution < -0.4 is 21.9 Å². The van der Waals surface area contributed by atoms with Gasteiger partial charge in [0.05, 0.1) is 25.0 Å². The summed E-state index contributed by atoms with van der Waals surface area (Å²) in [6.07, 6.45) is -0.826. The molecule has 1 heterocycles. The fraction of sp³-hybridized carbons (Fsp3) is 0.542. The van der Waals surface area contributed by atoms with Crippen molar-refractivity contribution in [1.82, 2.24) is 19.8 Å². The molecule has 1 atom stereocenters. The van der Waals surface area contributed by atoms with Crippen LogP contribution in [0.3, 0.4) is 0 Å². The lowest BCUT2D eigenvalue weighted by atomic mass is 10.1. The van der Waals surface area contributed by atoms with Crippen LogP contribution in [0, 0.1) is 5.92 Å².